The fourth-order valence-electron chi connectivity index (χ4n) is 1.05. The van der Waals surface area contributed by atoms with E-state index in [1.54, 1.807) is 0 Å². The van der Waals surface area contributed by atoms with Crippen LogP contribution < -0.4 is 0 Å². The summed E-state index contributed by atoms with van der Waals surface area (Å²) in [5.74, 6) is -2.93. The molecule has 0 heterocycles. The first kappa shape index (κ1) is 13.4. The van der Waals surface area contributed by atoms with E-state index in [1.165, 1.54) is 14.2 Å². The van der Waals surface area contributed by atoms with Gasteiger partial charge in [0, 0.05) is 6.42 Å². The highest BCUT2D eigenvalue weighted by atomic mass is 16.5. The van der Waals surface area contributed by atoms with Crippen LogP contribution in [0.2, 0.25) is 0 Å². The van der Waals surface area contributed by atoms with E-state index in [-0.39, 0.29) is 19.3 Å². The third kappa shape index (κ3) is 5.66. The van der Waals surface area contributed by atoms with Crippen LogP contribution in [-0.4, -0.2) is 37.2 Å². The zero-order valence-corrected chi connectivity index (χ0v) is 8.69. The highest BCUT2D eigenvalue weighted by Gasteiger charge is 2.23. The van der Waals surface area contributed by atoms with Crippen molar-refractivity contribution in [2.45, 2.75) is 19.3 Å². The lowest BCUT2D eigenvalue weighted by atomic mass is 10.00. The number of carbonyl (C=O) groups excluding carboxylic acids is 2. The van der Waals surface area contributed by atoms with Gasteiger partial charge >= 0.3 is 17.9 Å². The first-order valence-electron chi connectivity index (χ1n) is 4.37. The molecule has 0 saturated carbocycles. The molecule has 0 aromatic rings. The molecule has 0 aromatic heterocycles. The minimum atomic E-state index is -1.02. The molecular formula is C9H14O6. The molecule has 1 N–H and O–H groups in total. The molecule has 0 aliphatic heterocycles. The monoisotopic (exact) mass is 218 g/mol. The van der Waals surface area contributed by atoms with Crippen molar-refractivity contribution in [3.63, 3.8) is 0 Å². The van der Waals surface area contributed by atoms with E-state index < -0.39 is 23.8 Å². The molecule has 15 heavy (non-hydrogen) atoms. The molecule has 1 atom stereocenters. The normalized spacial score (nSPS) is 11.6. The summed E-state index contributed by atoms with van der Waals surface area (Å²) in [5.41, 5.74) is 0. The number of esters is 2. The lowest BCUT2D eigenvalue weighted by Gasteiger charge is -2.11. The van der Waals surface area contributed by atoms with E-state index in [0.717, 1.165) is 0 Å². The number of carbonyl (C=O) groups is 3. The molecule has 0 rings (SSSR count). The van der Waals surface area contributed by atoms with Crippen LogP contribution in [0.25, 0.3) is 0 Å². The Morgan fingerprint density at radius 1 is 1.20 bits per heavy atom. The maximum Gasteiger partial charge on any atom is 0.309 e. The second-order valence-corrected chi connectivity index (χ2v) is 2.93. The molecule has 0 spiro atoms. The highest BCUT2D eigenvalue weighted by molar-refractivity contribution is 5.80. The number of methoxy groups -OCH3 is 2. The molecule has 0 aliphatic carbocycles. The van der Waals surface area contributed by atoms with Crippen LogP contribution in [0.4, 0.5) is 0 Å². The Morgan fingerprint density at radius 3 is 2.20 bits per heavy atom. The molecule has 0 unspecified atom stereocenters. The number of hydrogen-bond acceptors (Lipinski definition) is 5. The van der Waals surface area contributed by atoms with Crippen molar-refractivity contribution in [2.24, 2.45) is 5.92 Å². The Morgan fingerprint density at radius 2 is 1.80 bits per heavy atom. The Labute approximate surface area is 87.2 Å². The lowest BCUT2D eigenvalue weighted by molar-refractivity contribution is -0.152. The number of aliphatic carboxylic acids is 1. The van der Waals surface area contributed by atoms with Gasteiger partial charge in [-0.3, -0.25) is 14.4 Å². The fourth-order valence-corrected chi connectivity index (χ4v) is 1.05. The first-order valence-corrected chi connectivity index (χ1v) is 4.37. The molecular weight excluding hydrogens is 204 g/mol. The third-order valence-electron chi connectivity index (χ3n) is 1.88. The van der Waals surface area contributed by atoms with Gasteiger partial charge in [-0.25, -0.2) is 0 Å². The van der Waals surface area contributed by atoms with Gasteiger partial charge in [0.15, 0.2) is 0 Å². The molecule has 0 radical (unpaired) electrons. The minimum absolute atomic E-state index is 0.0666. The highest BCUT2D eigenvalue weighted by Crippen LogP contribution is 2.14. The average molecular weight is 218 g/mol. The number of ether oxygens (including phenoxy) is 2. The van der Waals surface area contributed by atoms with Crippen LogP contribution in [-0.2, 0) is 23.9 Å². The van der Waals surface area contributed by atoms with E-state index in [9.17, 15) is 14.4 Å². The van der Waals surface area contributed by atoms with Crippen molar-refractivity contribution in [1.29, 1.82) is 0 Å². The van der Waals surface area contributed by atoms with Gasteiger partial charge in [-0.05, 0) is 6.42 Å². The van der Waals surface area contributed by atoms with Crippen LogP contribution in [0, 0.1) is 5.92 Å². The van der Waals surface area contributed by atoms with Crippen molar-refractivity contribution in [3.8, 4) is 0 Å². The Bertz CT molecular complexity index is 247. The van der Waals surface area contributed by atoms with Gasteiger partial charge in [-0.15, -0.1) is 0 Å². The van der Waals surface area contributed by atoms with Crippen LogP contribution >= 0.6 is 0 Å². The van der Waals surface area contributed by atoms with E-state index in [1.807, 2.05) is 0 Å². The molecule has 0 bridgehead atoms. The van der Waals surface area contributed by atoms with Crippen LogP contribution in [0.3, 0.4) is 0 Å². The SMILES string of the molecule is COC(=O)C[C@@H](CCC(=O)O)C(=O)OC. The molecule has 0 aliphatic rings. The second kappa shape index (κ2) is 6.80. The standard InChI is InChI=1S/C9H14O6/c1-14-8(12)5-6(9(13)15-2)3-4-7(10)11/h6H,3-5H2,1-2H3,(H,10,11)/t6-/m1/s1. The van der Waals surface area contributed by atoms with Gasteiger partial charge in [-0.1, -0.05) is 0 Å². The molecule has 0 amide bonds. The van der Waals surface area contributed by atoms with E-state index in [2.05, 4.69) is 9.47 Å². The van der Waals surface area contributed by atoms with E-state index in [4.69, 9.17) is 5.11 Å². The minimum Gasteiger partial charge on any atom is -0.481 e. The molecule has 0 aromatic carbocycles. The van der Waals surface area contributed by atoms with Crippen molar-refractivity contribution < 1.29 is 29.0 Å². The fraction of sp³-hybridized carbons (Fsp3) is 0.667. The van der Waals surface area contributed by atoms with E-state index >= 15 is 0 Å². The number of hydrogen-bond donors (Lipinski definition) is 1. The zero-order valence-electron chi connectivity index (χ0n) is 8.69. The van der Waals surface area contributed by atoms with Gasteiger partial charge < -0.3 is 14.6 Å². The maximum atomic E-state index is 11.2. The summed E-state index contributed by atoms with van der Waals surface area (Å²) >= 11 is 0. The predicted molar refractivity (Wildman–Crippen MR) is 49.0 cm³/mol. The van der Waals surface area contributed by atoms with Crippen molar-refractivity contribution in [1.82, 2.24) is 0 Å². The summed E-state index contributed by atoms with van der Waals surface area (Å²) in [6.07, 6.45) is -0.273. The summed E-state index contributed by atoms with van der Waals surface area (Å²) in [4.78, 5) is 32.4. The van der Waals surface area contributed by atoms with Gasteiger partial charge in [-0.2, -0.15) is 0 Å². The van der Waals surface area contributed by atoms with Crippen LogP contribution in [0.1, 0.15) is 19.3 Å². The molecule has 0 saturated heterocycles. The predicted octanol–water partition coefficient (Wildman–Crippen LogP) is 0.203. The maximum absolute atomic E-state index is 11.2. The number of rotatable bonds is 6. The van der Waals surface area contributed by atoms with Gasteiger partial charge in [0.2, 0.25) is 0 Å². The number of carboxylic acids is 1. The summed E-state index contributed by atoms with van der Waals surface area (Å²) < 4.78 is 8.84. The zero-order chi connectivity index (χ0) is 11.8. The average Bonchev–Trinajstić information content (AvgIpc) is 2.22. The smallest absolute Gasteiger partial charge is 0.309 e. The largest absolute Gasteiger partial charge is 0.481 e. The topological polar surface area (TPSA) is 89.9 Å². The first-order chi connectivity index (χ1) is 7.01. The summed E-state index contributed by atoms with van der Waals surface area (Å²) in [5, 5.41) is 8.44. The molecule has 6 heteroatoms. The van der Waals surface area contributed by atoms with E-state index in [0.29, 0.717) is 0 Å². The molecule has 86 valence electrons. The summed E-state index contributed by atoms with van der Waals surface area (Å²) in [6.45, 7) is 0. The van der Waals surface area contributed by atoms with Crippen molar-refractivity contribution in [3.05, 3.63) is 0 Å². The van der Waals surface area contributed by atoms with Crippen LogP contribution in [0.5, 0.6) is 0 Å². The van der Waals surface area contributed by atoms with Gasteiger partial charge in [0.05, 0.1) is 26.6 Å². The Balaban J connectivity index is 4.24. The Kier molecular flexibility index (Phi) is 6.08. The molecule has 0 fully saturated rings. The summed E-state index contributed by atoms with van der Waals surface area (Å²) in [7, 11) is 2.39. The second-order valence-electron chi connectivity index (χ2n) is 2.93. The van der Waals surface area contributed by atoms with Crippen LogP contribution in [0.15, 0.2) is 0 Å². The molecule has 6 nitrogen and oxygen atoms in total. The van der Waals surface area contributed by atoms with Gasteiger partial charge in [0.25, 0.3) is 0 Å². The lowest BCUT2D eigenvalue weighted by Crippen LogP contribution is -2.21. The van der Waals surface area contributed by atoms with Gasteiger partial charge in [0.1, 0.15) is 0 Å². The van der Waals surface area contributed by atoms with Crippen molar-refractivity contribution >= 4 is 17.9 Å². The Hall–Kier alpha value is -1.59. The third-order valence-corrected chi connectivity index (χ3v) is 1.88. The quantitative estimate of drug-likeness (QED) is 0.640. The van der Waals surface area contributed by atoms with Crippen molar-refractivity contribution in [2.75, 3.05) is 14.2 Å². The number of carboxylic acid groups (broad SMARTS) is 1. The summed E-state index contributed by atoms with van der Waals surface area (Å²) in [6, 6.07) is 0.